The maximum absolute atomic E-state index is 12.6. The first-order valence-corrected chi connectivity index (χ1v) is 8.21. The van der Waals surface area contributed by atoms with Crippen molar-refractivity contribution in [2.24, 2.45) is 17.0 Å². The number of morpholine rings is 1. The first-order valence-electron chi connectivity index (χ1n) is 8.21. The number of aliphatic hydroxyl groups is 1. The molecular weight excluding hydrogens is 302 g/mol. The minimum atomic E-state index is -0.345. The standard InChI is InChI=1S/C15H21N3O5/c19-10-5-9(6-10)14(20)18-7-11-12(8-18)23-16-13(11)15(21)17-1-3-22-4-2-17/h9-12,19H,1-8H2/t9?,10?,11-,12+/m0/s1. The molecular formula is C15H21N3O5. The summed E-state index contributed by atoms with van der Waals surface area (Å²) in [6, 6.07) is 0. The Morgan fingerprint density at radius 1 is 1.13 bits per heavy atom. The molecule has 1 aliphatic carbocycles. The molecule has 3 heterocycles. The average molecular weight is 323 g/mol. The first kappa shape index (κ1) is 14.9. The van der Waals surface area contributed by atoms with Crippen molar-refractivity contribution in [2.45, 2.75) is 25.0 Å². The molecule has 0 aromatic rings. The van der Waals surface area contributed by atoms with E-state index in [-0.39, 0.29) is 35.9 Å². The molecule has 3 aliphatic heterocycles. The second-order valence-corrected chi connectivity index (χ2v) is 6.70. The van der Waals surface area contributed by atoms with Gasteiger partial charge in [-0.1, -0.05) is 5.16 Å². The Kier molecular flexibility index (Phi) is 3.73. The summed E-state index contributed by atoms with van der Waals surface area (Å²) < 4.78 is 5.26. The average Bonchev–Trinajstić information content (AvgIpc) is 3.12. The molecule has 0 spiro atoms. The van der Waals surface area contributed by atoms with Crippen LogP contribution in [0, 0.1) is 11.8 Å². The number of carbonyl (C=O) groups excluding carboxylic acids is 2. The van der Waals surface area contributed by atoms with Crippen molar-refractivity contribution in [3.05, 3.63) is 0 Å². The summed E-state index contributed by atoms with van der Waals surface area (Å²) in [6.45, 7) is 3.17. The van der Waals surface area contributed by atoms with Crippen LogP contribution in [0.5, 0.6) is 0 Å². The lowest BCUT2D eigenvalue weighted by molar-refractivity contribution is -0.141. The smallest absolute Gasteiger partial charge is 0.272 e. The van der Waals surface area contributed by atoms with Gasteiger partial charge in [0.2, 0.25) is 5.91 Å². The molecule has 2 amide bonds. The predicted octanol–water partition coefficient (Wildman–Crippen LogP) is -1.17. The summed E-state index contributed by atoms with van der Waals surface area (Å²) in [6.07, 6.45) is 0.518. The van der Waals surface area contributed by atoms with E-state index >= 15 is 0 Å². The molecule has 126 valence electrons. The highest BCUT2D eigenvalue weighted by atomic mass is 16.6. The fraction of sp³-hybridized carbons (Fsp3) is 0.800. The van der Waals surface area contributed by atoms with Gasteiger partial charge in [0.25, 0.3) is 5.91 Å². The number of likely N-dealkylation sites (tertiary alicyclic amines) is 1. The Balaban J connectivity index is 1.39. The van der Waals surface area contributed by atoms with Crippen molar-refractivity contribution >= 4 is 17.5 Å². The molecule has 0 radical (unpaired) electrons. The van der Waals surface area contributed by atoms with E-state index in [4.69, 9.17) is 9.57 Å². The minimum absolute atomic E-state index is 0.0615. The summed E-state index contributed by atoms with van der Waals surface area (Å²) in [5.74, 6) is -0.265. The van der Waals surface area contributed by atoms with Crippen LogP contribution in [0.1, 0.15) is 12.8 Å². The molecule has 2 atom stereocenters. The number of hydrogen-bond donors (Lipinski definition) is 1. The number of fused-ring (bicyclic) bond motifs is 1. The highest BCUT2D eigenvalue weighted by molar-refractivity contribution is 6.40. The van der Waals surface area contributed by atoms with Crippen LogP contribution in [0.2, 0.25) is 0 Å². The van der Waals surface area contributed by atoms with Crippen LogP contribution in [-0.2, 0) is 19.2 Å². The van der Waals surface area contributed by atoms with Gasteiger partial charge in [0.1, 0.15) is 0 Å². The van der Waals surface area contributed by atoms with Crippen LogP contribution < -0.4 is 0 Å². The van der Waals surface area contributed by atoms with Crippen LogP contribution in [0.25, 0.3) is 0 Å². The van der Waals surface area contributed by atoms with Gasteiger partial charge >= 0.3 is 0 Å². The fourth-order valence-corrected chi connectivity index (χ4v) is 3.69. The van der Waals surface area contributed by atoms with Crippen molar-refractivity contribution in [3.63, 3.8) is 0 Å². The molecule has 1 N–H and O–H groups in total. The monoisotopic (exact) mass is 323 g/mol. The van der Waals surface area contributed by atoms with E-state index < -0.39 is 0 Å². The van der Waals surface area contributed by atoms with Gasteiger partial charge in [-0.25, -0.2) is 0 Å². The fourth-order valence-electron chi connectivity index (χ4n) is 3.69. The largest absolute Gasteiger partial charge is 0.393 e. The van der Waals surface area contributed by atoms with Gasteiger partial charge < -0.3 is 24.5 Å². The summed E-state index contributed by atoms with van der Waals surface area (Å²) in [4.78, 5) is 33.9. The van der Waals surface area contributed by atoms with Crippen LogP contribution in [0.4, 0.5) is 0 Å². The number of nitrogens with zero attached hydrogens (tertiary/aromatic N) is 3. The normalized spacial score (nSPS) is 36.1. The van der Waals surface area contributed by atoms with Gasteiger partial charge in [0.05, 0.1) is 31.8 Å². The van der Waals surface area contributed by atoms with E-state index in [0.717, 1.165) is 0 Å². The lowest BCUT2D eigenvalue weighted by Crippen LogP contribution is -2.46. The Bertz CT molecular complexity index is 539. The maximum Gasteiger partial charge on any atom is 0.272 e. The molecule has 4 aliphatic rings. The molecule has 2 saturated heterocycles. The van der Waals surface area contributed by atoms with E-state index in [1.165, 1.54) is 0 Å². The van der Waals surface area contributed by atoms with Gasteiger partial charge in [-0.2, -0.15) is 0 Å². The highest BCUT2D eigenvalue weighted by Gasteiger charge is 2.49. The number of amides is 2. The molecule has 1 saturated carbocycles. The Morgan fingerprint density at radius 3 is 2.57 bits per heavy atom. The molecule has 23 heavy (non-hydrogen) atoms. The zero-order valence-corrected chi connectivity index (χ0v) is 12.9. The zero-order valence-electron chi connectivity index (χ0n) is 12.9. The summed E-state index contributed by atoms with van der Waals surface area (Å²) in [5.41, 5.74) is 0.431. The third-order valence-electron chi connectivity index (χ3n) is 5.20. The zero-order chi connectivity index (χ0) is 16.0. The van der Waals surface area contributed by atoms with E-state index in [0.29, 0.717) is 57.9 Å². The molecule has 3 fully saturated rings. The van der Waals surface area contributed by atoms with Crippen LogP contribution in [-0.4, -0.2) is 84.0 Å². The number of aliphatic hydroxyl groups excluding tert-OH is 1. The van der Waals surface area contributed by atoms with Crippen molar-refractivity contribution in [2.75, 3.05) is 39.4 Å². The third-order valence-corrected chi connectivity index (χ3v) is 5.20. The summed E-state index contributed by atoms with van der Waals surface area (Å²) in [5, 5.41) is 13.3. The van der Waals surface area contributed by atoms with Gasteiger partial charge in [-0.3, -0.25) is 9.59 Å². The van der Waals surface area contributed by atoms with Gasteiger partial charge in [0.15, 0.2) is 11.8 Å². The molecule has 0 bridgehead atoms. The number of carbonyl (C=O) groups is 2. The second-order valence-electron chi connectivity index (χ2n) is 6.70. The van der Waals surface area contributed by atoms with Gasteiger partial charge in [-0.15, -0.1) is 0 Å². The number of rotatable bonds is 2. The predicted molar refractivity (Wildman–Crippen MR) is 78.5 cm³/mol. The van der Waals surface area contributed by atoms with Crippen LogP contribution in [0.3, 0.4) is 0 Å². The van der Waals surface area contributed by atoms with Gasteiger partial charge in [0, 0.05) is 25.6 Å². The topological polar surface area (TPSA) is 91.7 Å². The number of ether oxygens (including phenoxy) is 1. The maximum atomic E-state index is 12.6. The Labute approximate surface area is 134 Å². The molecule has 0 unspecified atom stereocenters. The van der Waals surface area contributed by atoms with Gasteiger partial charge in [-0.05, 0) is 12.8 Å². The second kappa shape index (κ2) is 5.76. The third kappa shape index (κ3) is 2.59. The molecule has 0 aromatic carbocycles. The van der Waals surface area contributed by atoms with E-state index in [2.05, 4.69) is 5.16 Å². The Morgan fingerprint density at radius 2 is 1.87 bits per heavy atom. The van der Waals surface area contributed by atoms with E-state index in [1.54, 1.807) is 9.80 Å². The van der Waals surface area contributed by atoms with E-state index in [1.807, 2.05) is 0 Å². The van der Waals surface area contributed by atoms with Crippen molar-refractivity contribution in [1.29, 1.82) is 0 Å². The lowest BCUT2D eigenvalue weighted by atomic mass is 9.81. The molecule has 8 nitrogen and oxygen atoms in total. The van der Waals surface area contributed by atoms with Crippen LogP contribution in [0.15, 0.2) is 5.16 Å². The van der Waals surface area contributed by atoms with E-state index in [9.17, 15) is 14.7 Å². The van der Waals surface area contributed by atoms with Crippen LogP contribution >= 0.6 is 0 Å². The number of oxime groups is 1. The van der Waals surface area contributed by atoms with Crippen molar-refractivity contribution in [1.82, 2.24) is 9.80 Å². The SMILES string of the molecule is O=C(C1=NO[C@@H]2CN(C(=O)C3CC(O)C3)C[C@H]12)N1CCOCC1. The summed E-state index contributed by atoms with van der Waals surface area (Å²) >= 11 is 0. The highest BCUT2D eigenvalue weighted by Crippen LogP contribution is 2.33. The molecule has 0 aromatic heterocycles. The Hall–Kier alpha value is -1.67. The van der Waals surface area contributed by atoms with Crippen molar-refractivity contribution < 1.29 is 24.3 Å². The lowest BCUT2D eigenvalue weighted by Gasteiger charge is -2.33. The summed E-state index contributed by atoms with van der Waals surface area (Å²) in [7, 11) is 0. The minimum Gasteiger partial charge on any atom is -0.393 e. The molecule has 4 rings (SSSR count). The van der Waals surface area contributed by atoms with Crippen molar-refractivity contribution in [3.8, 4) is 0 Å². The first-order chi connectivity index (χ1) is 11.1. The number of hydrogen-bond acceptors (Lipinski definition) is 6. The molecule has 8 heteroatoms. The quantitative estimate of drug-likeness (QED) is 0.691.